The van der Waals surface area contributed by atoms with Crippen LogP contribution in [-0.2, 0) is 0 Å². The van der Waals surface area contributed by atoms with Crippen molar-refractivity contribution >= 4 is 65.8 Å². The monoisotopic (exact) mass is 688 g/mol. The number of hydrogen-bond donors (Lipinski definition) is 0. The predicted octanol–water partition coefficient (Wildman–Crippen LogP) is 12.6. The Hall–Kier alpha value is -3.28. The van der Waals surface area contributed by atoms with Crippen LogP contribution in [-0.4, -0.2) is 0 Å². The molecule has 0 bridgehead atoms. The maximum Gasteiger partial charge on any atom is 0.143 e. The largest absolute Gasteiger partial charge is 0.455 e. The van der Waals surface area contributed by atoms with E-state index in [0.717, 1.165) is 42.0 Å². The van der Waals surface area contributed by atoms with Crippen molar-refractivity contribution in [1.82, 2.24) is 0 Å². The van der Waals surface area contributed by atoms with Crippen LogP contribution in [0.4, 0.5) is 0 Å². The van der Waals surface area contributed by atoms with Gasteiger partial charge in [-0.3, -0.25) is 0 Å². The highest BCUT2D eigenvalue weighted by atomic mass is 79.9. The van der Waals surface area contributed by atoms with E-state index in [1.54, 1.807) is 12.1 Å². The van der Waals surface area contributed by atoms with Gasteiger partial charge in [-0.1, -0.05) is 83.9 Å². The van der Waals surface area contributed by atoms with E-state index in [9.17, 15) is 0 Å². The highest BCUT2D eigenvalue weighted by Crippen LogP contribution is 2.47. The molecular formula is C34H20Br2Cl2O2. The van der Waals surface area contributed by atoms with Gasteiger partial charge in [-0.25, -0.2) is 0 Å². The fraction of sp³-hybridized carbons (Fsp3) is 0. The maximum absolute atomic E-state index is 6.50. The van der Waals surface area contributed by atoms with Crippen LogP contribution in [0.15, 0.2) is 130 Å². The second-order valence-electron chi connectivity index (χ2n) is 9.06. The van der Waals surface area contributed by atoms with Crippen LogP contribution in [0.2, 0.25) is 10.0 Å². The first-order valence-electron chi connectivity index (χ1n) is 12.4. The van der Waals surface area contributed by atoms with Crippen LogP contribution in [0, 0.1) is 0 Å². The zero-order chi connectivity index (χ0) is 27.6. The zero-order valence-electron chi connectivity index (χ0n) is 20.9. The quantitative estimate of drug-likeness (QED) is 0.173. The van der Waals surface area contributed by atoms with E-state index in [-0.39, 0.29) is 0 Å². The van der Waals surface area contributed by atoms with Crippen molar-refractivity contribution < 1.29 is 9.47 Å². The first kappa shape index (κ1) is 26.9. The number of fused-ring (bicyclic) bond motifs is 1. The van der Waals surface area contributed by atoms with E-state index >= 15 is 0 Å². The van der Waals surface area contributed by atoms with Crippen molar-refractivity contribution in [3.8, 4) is 45.3 Å². The maximum atomic E-state index is 6.50. The molecule has 0 saturated carbocycles. The minimum Gasteiger partial charge on any atom is -0.455 e. The second-order valence-corrected chi connectivity index (χ2v) is 11.6. The van der Waals surface area contributed by atoms with Crippen LogP contribution >= 0.6 is 55.1 Å². The topological polar surface area (TPSA) is 18.5 Å². The molecule has 0 aliphatic rings. The molecule has 0 amide bonds. The summed E-state index contributed by atoms with van der Waals surface area (Å²) >= 11 is 19.8. The van der Waals surface area contributed by atoms with Crippen LogP contribution in [0.1, 0.15) is 0 Å². The molecule has 6 aromatic rings. The van der Waals surface area contributed by atoms with Gasteiger partial charge < -0.3 is 9.47 Å². The summed E-state index contributed by atoms with van der Waals surface area (Å²) in [4.78, 5) is 0. The lowest BCUT2D eigenvalue weighted by molar-refractivity contribution is 0.480. The summed E-state index contributed by atoms with van der Waals surface area (Å²) in [6.45, 7) is 0. The van der Waals surface area contributed by atoms with Gasteiger partial charge in [0.05, 0.1) is 8.95 Å². The lowest BCUT2D eigenvalue weighted by atomic mass is 9.91. The standard InChI is InChI=1S/C34H20Br2Cl2O2/c35-27-15-11-23(37)19-31(27)39-29-17-14-26-25(33(29)21-7-3-1-4-8-21)13-18-30(34(26)22-9-5-2-6-10-22)40-32-20-24(38)12-16-28(32)36/h1-20H. The van der Waals surface area contributed by atoms with E-state index in [1.807, 2.05) is 72.8 Å². The Bertz CT molecular complexity index is 1710. The minimum atomic E-state index is 0.598. The van der Waals surface area contributed by atoms with Gasteiger partial charge in [-0.2, -0.15) is 0 Å². The lowest BCUT2D eigenvalue weighted by Gasteiger charge is -2.20. The SMILES string of the molecule is Clc1ccc(Br)c(Oc2ccc3c(-c4ccccc4)c(Oc4cc(Cl)ccc4Br)ccc3c2-c2ccccc2)c1. The molecule has 2 nitrogen and oxygen atoms in total. The molecule has 6 rings (SSSR count). The molecule has 0 aliphatic heterocycles. The zero-order valence-corrected chi connectivity index (χ0v) is 25.6. The fourth-order valence-corrected chi connectivity index (χ4v) is 5.67. The molecule has 196 valence electrons. The summed E-state index contributed by atoms with van der Waals surface area (Å²) in [6, 6.07) is 39.7. The van der Waals surface area contributed by atoms with E-state index < -0.39 is 0 Å². The summed E-state index contributed by atoms with van der Waals surface area (Å²) in [7, 11) is 0. The Kier molecular flexibility index (Phi) is 7.86. The smallest absolute Gasteiger partial charge is 0.143 e. The molecule has 0 N–H and O–H groups in total. The average molecular weight is 691 g/mol. The first-order chi connectivity index (χ1) is 19.5. The number of rotatable bonds is 6. The van der Waals surface area contributed by atoms with Gasteiger partial charge in [-0.05, 0) is 102 Å². The highest BCUT2D eigenvalue weighted by molar-refractivity contribution is 9.10. The Balaban J connectivity index is 1.61. The molecule has 6 heteroatoms. The molecule has 0 aliphatic carbocycles. The van der Waals surface area contributed by atoms with E-state index in [0.29, 0.717) is 33.0 Å². The van der Waals surface area contributed by atoms with Gasteiger partial charge in [0.15, 0.2) is 0 Å². The number of hydrogen-bond acceptors (Lipinski definition) is 2. The Morgan fingerprint density at radius 3 is 1.23 bits per heavy atom. The molecule has 0 atom stereocenters. The normalized spacial score (nSPS) is 11.0. The Morgan fingerprint density at radius 1 is 0.425 bits per heavy atom. The number of ether oxygens (including phenoxy) is 2. The summed E-state index contributed by atoms with van der Waals surface area (Å²) in [6.07, 6.45) is 0. The summed E-state index contributed by atoms with van der Waals surface area (Å²) < 4.78 is 14.6. The van der Waals surface area contributed by atoms with Crippen molar-refractivity contribution in [2.24, 2.45) is 0 Å². The second kappa shape index (κ2) is 11.7. The van der Waals surface area contributed by atoms with Gasteiger partial charge in [0.1, 0.15) is 23.0 Å². The Labute approximate surface area is 259 Å². The fourth-order valence-electron chi connectivity index (χ4n) is 4.69. The molecule has 0 aromatic heterocycles. The number of benzene rings is 6. The average Bonchev–Trinajstić information content (AvgIpc) is 2.97. The van der Waals surface area contributed by atoms with Crippen molar-refractivity contribution in [3.63, 3.8) is 0 Å². The van der Waals surface area contributed by atoms with Crippen molar-refractivity contribution in [1.29, 1.82) is 0 Å². The third-order valence-electron chi connectivity index (χ3n) is 6.48. The summed E-state index contributed by atoms with van der Waals surface area (Å²) in [5.41, 5.74) is 4.01. The predicted molar refractivity (Wildman–Crippen MR) is 173 cm³/mol. The van der Waals surface area contributed by atoms with Gasteiger partial charge in [0.25, 0.3) is 0 Å². The molecule has 0 spiro atoms. The van der Waals surface area contributed by atoms with Gasteiger partial charge in [0, 0.05) is 33.3 Å². The van der Waals surface area contributed by atoms with Crippen LogP contribution in [0.25, 0.3) is 33.0 Å². The van der Waals surface area contributed by atoms with Crippen molar-refractivity contribution in [2.45, 2.75) is 0 Å². The first-order valence-corrected chi connectivity index (χ1v) is 14.8. The van der Waals surface area contributed by atoms with Gasteiger partial charge in [-0.15, -0.1) is 0 Å². The van der Waals surface area contributed by atoms with Crippen LogP contribution in [0.3, 0.4) is 0 Å². The van der Waals surface area contributed by atoms with Crippen LogP contribution in [0.5, 0.6) is 23.0 Å². The summed E-state index contributed by atoms with van der Waals surface area (Å²) in [5, 5.41) is 3.25. The van der Waals surface area contributed by atoms with Crippen LogP contribution < -0.4 is 9.47 Å². The number of halogens is 4. The molecule has 0 saturated heterocycles. The molecule has 0 unspecified atom stereocenters. The molecule has 0 heterocycles. The lowest BCUT2D eigenvalue weighted by Crippen LogP contribution is -1.95. The van der Waals surface area contributed by atoms with E-state index in [2.05, 4.69) is 68.3 Å². The van der Waals surface area contributed by atoms with E-state index in [4.69, 9.17) is 32.7 Å². The molecule has 0 fully saturated rings. The van der Waals surface area contributed by atoms with E-state index in [1.165, 1.54) is 0 Å². The summed E-state index contributed by atoms with van der Waals surface area (Å²) in [5.74, 6) is 2.70. The van der Waals surface area contributed by atoms with Crippen molar-refractivity contribution in [2.75, 3.05) is 0 Å². The third kappa shape index (κ3) is 5.50. The van der Waals surface area contributed by atoms with Gasteiger partial charge in [0.2, 0.25) is 0 Å². The molecule has 0 radical (unpaired) electrons. The van der Waals surface area contributed by atoms with Gasteiger partial charge >= 0.3 is 0 Å². The van der Waals surface area contributed by atoms with Crippen molar-refractivity contribution in [3.05, 3.63) is 140 Å². The molecule has 40 heavy (non-hydrogen) atoms. The third-order valence-corrected chi connectivity index (χ3v) is 8.26. The molecule has 6 aromatic carbocycles. The Morgan fingerprint density at radius 2 is 0.825 bits per heavy atom. The molecular weight excluding hydrogens is 671 g/mol. The highest BCUT2D eigenvalue weighted by Gasteiger charge is 2.19. The minimum absolute atomic E-state index is 0.598.